The van der Waals surface area contributed by atoms with E-state index < -0.39 is 0 Å². The van der Waals surface area contributed by atoms with Gasteiger partial charge in [0.05, 0.1) is 23.2 Å². The van der Waals surface area contributed by atoms with Gasteiger partial charge in [-0.1, -0.05) is 78.1 Å². The summed E-state index contributed by atoms with van der Waals surface area (Å²) in [5.74, 6) is 1.36. The molecule has 0 saturated heterocycles. The van der Waals surface area contributed by atoms with Crippen LogP contribution in [0.15, 0.2) is 16.6 Å². The molecule has 0 fully saturated rings. The van der Waals surface area contributed by atoms with Crippen LogP contribution in [0.25, 0.3) is 0 Å². The van der Waals surface area contributed by atoms with Crippen LogP contribution in [0.1, 0.15) is 101 Å². The van der Waals surface area contributed by atoms with Gasteiger partial charge in [0.2, 0.25) is 0 Å². The van der Waals surface area contributed by atoms with Crippen LogP contribution < -0.4 is 9.47 Å². The van der Waals surface area contributed by atoms with Crippen molar-refractivity contribution in [1.29, 1.82) is 0 Å². The quantitative estimate of drug-likeness (QED) is 0.183. The molecule has 1 aromatic carbocycles. The summed E-state index contributed by atoms with van der Waals surface area (Å²) >= 11 is 3.54. The van der Waals surface area contributed by atoms with Gasteiger partial charge in [0.15, 0.2) is 6.29 Å². The molecule has 0 saturated carbocycles. The molecular weight excluding hydrogens is 404 g/mol. The second kappa shape index (κ2) is 16.0. The summed E-state index contributed by atoms with van der Waals surface area (Å²) in [5.41, 5.74) is 0.558. The molecule has 1 aromatic rings. The number of rotatable bonds is 17. The van der Waals surface area contributed by atoms with Crippen molar-refractivity contribution in [3.05, 3.63) is 22.2 Å². The van der Waals surface area contributed by atoms with Gasteiger partial charge in [0.25, 0.3) is 0 Å². The molecule has 0 amide bonds. The maximum absolute atomic E-state index is 11.4. The van der Waals surface area contributed by atoms with Gasteiger partial charge in [-0.05, 0) is 40.9 Å². The Balaban J connectivity index is 2.37. The zero-order valence-corrected chi connectivity index (χ0v) is 18.8. The summed E-state index contributed by atoms with van der Waals surface area (Å²) in [4.78, 5) is 11.4. The molecule has 1 rings (SSSR count). The van der Waals surface area contributed by atoms with E-state index in [-0.39, 0.29) is 0 Å². The first-order valence-corrected chi connectivity index (χ1v) is 11.6. The van der Waals surface area contributed by atoms with E-state index in [0.29, 0.717) is 24.5 Å². The van der Waals surface area contributed by atoms with Crippen LogP contribution in [-0.4, -0.2) is 19.5 Å². The summed E-state index contributed by atoms with van der Waals surface area (Å²) in [6, 6.07) is 3.64. The Hall–Kier alpha value is -1.03. The normalized spacial score (nSPS) is 10.8. The number of carbonyl (C=O) groups is 1. The Kier molecular flexibility index (Phi) is 14.2. The number of benzene rings is 1. The van der Waals surface area contributed by atoms with Crippen molar-refractivity contribution in [1.82, 2.24) is 0 Å². The molecule has 0 aliphatic heterocycles. The molecule has 3 nitrogen and oxygen atoms in total. The van der Waals surface area contributed by atoms with Crippen molar-refractivity contribution in [2.45, 2.75) is 90.9 Å². The molecule has 0 radical (unpaired) electrons. The highest BCUT2D eigenvalue weighted by molar-refractivity contribution is 9.10. The molecule has 0 spiro atoms. The van der Waals surface area contributed by atoms with Crippen molar-refractivity contribution in [3.63, 3.8) is 0 Å². The van der Waals surface area contributed by atoms with E-state index in [0.717, 1.165) is 29.4 Å². The fourth-order valence-corrected chi connectivity index (χ4v) is 3.44. The first kappa shape index (κ1) is 24.0. The van der Waals surface area contributed by atoms with E-state index in [2.05, 4.69) is 29.8 Å². The molecule has 0 unspecified atom stereocenters. The highest BCUT2D eigenvalue weighted by Crippen LogP contribution is 2.32. The van der Waals surface area contributed by atoms with Crippen molar-refractivity contribution >= 4 is 22.2 Å². The highest BCUT2D eigenvalue weighted by Gasteiger charge is 2.10. The fourth-order valence-electron chi connectivity index (χ4n) is 3.01. The topological polar surface area (TPSA) is 35.5 Å². The van der Waals surface area contributed by atoms with Crippen LogP contribution in [0.3, 0.4) is 0 Å². The Bertz CT molecular complexity index is 517. The Labute approximate surface area is 174 Å². The van der Waals surface area contributed by atoms with Crippen molar-refractivity contribution in [3.8, 4) is 11.5 Å². The molecule has 0 aliphatic carbocycles. The number of aldehydes is 1. The van der Waals surface area contributed by atoms with Crippen LogP contribution in [-0.2, 0) is 0 Å². The van der Waals surface area contributed by atoms with E-state index in [4.69, 9.17) is 9.47 Å². The fraction of sp³-hybridized carbons (Fsp3) is 0.696. The molecule has 0 bridgehead atoms. The lowest BCUT2D eigenvalue weighted by atomic mass is 10.1. The van der Waals surface area contributed by atoms with E-state index >= 15 is 0 Å². The summed E-state index contributed by atoms with van der Waals surface area (Å²) in [7, 11) is 0. The van der Waals surface area contributed by atoms with E-state index in [1.807, 2.05) is 6.07 Å². The molecule has 0 atom stereocenters. The van der Waals surface area contributed by atoms with Gasteiger partial charge >= 0.3 is 0 Å². The maximum atomic E-state index is 11.4. The summed E-state index contributed by atoms with van der Waals surface area (Å²) < 4.78 is 12.5. The maximum Gasteiger partial charge on any atom is 0.153 e. The zero-order chi connectivity index (χ0) is 19.7. The van der Waals surface area contributed by atoms with Crippen LogP contribution >= 0.6 is 15.9 Å². The highest BCUT2D eigenvalue weighted by atomic mass is 79.9. The largest absolute Gasteiger partial charge is 0.493 e. The van der Waals surface area contributed by atoms with Gasteiger partial charge in [-0.3, -0.25) is 4.79 Å². The predicted octanol–water partition coefficient (Wildman–Crippen LogP) is 7.74. The third-order valence-corrected chi connectivity index (χ3v) is 5.32. The number of hydrogen-bond acceptors (Lipinski definition) is 3. The molecule has 0 heterocycles. The molecule has 4 heteroatoms. The predicted molar refractivity (Wildman–Crippen MR) is 117 cm³/mol. The van der Waals surface area contributed by atoms with Gasteiger partial charge in [0.1, 0.15) is 11.5 Å². The number of carbonyl (C=O) groups excluding carboxylic acids is 1. The van der Waals surface area contributed by atoms with Gasteiger partial charge < -0.3 is 9.47 Å². The van der Waals surface area contributed by atoms with Crippen LogP contribution in [0, 0.1) is 0 Å². The van der Waals surface area contributed by atoms with Gasteiger partial charge in [-0.2, -0.15) is 0 Å². The molecular formula is C23H37BrO3. The summed E-state index contributed by atoms with van der Waals surface area (Å²) in [5, 5.41) is 0. The number of ether oxygens (including phenoxy) is 2. The van der Waals surface area contributed by atoms with Crippen molar-refractivity contribution in [2.75, 3.05) is 13.2 Å². The Morgan fingerprint density at radius 1 is 0.741 bits per heavy atom. The minimum Gasteiger partial charge on any atom is -0.493 e. The first-order valence-electron chi connectivity index (χ1n) is 10.8. The van der Waals surface area contributed by atoms with E-state index in [1.165, 1.54) is 64.2 Å². The number of unbranched alkanes of at least 4 members (excludes halogenated alkanes) is 10. The molecule has 27 heavy (non-hydrogen) atoms. The SMILES string of the molecule is CCCCCCCCOc1cc(C=O)c(OCCCCCCCC)cc1Br. The van der Waals surface area contributed by atoms with Crippen molar-refractivity contribution < 1.29 is 14.3 Å². The van der Waals surface area contributed by atoms with Crippen molar-refractivity contribution in [2.24, 2.45) is 0 Å². The second-order valence-corrected chi connectivity index (χ2v) is 8.03. The first-order chi connectivity index (χ1) is 13.2. The molecule has 154 valence electrons. The van der Waals surface area contributed by atoms with E-state index in [1.54, 1.807) is 6.07 Å². The third kappa shape index (κ3) is 10.8. The average Bonchev–Trinajstić information content (AvgIpc) is 2.67. The van der Waals surface area contributed by atoms with Gasteiger partial charge in [-0.25, -0.2) is 0 Å². The van der Waals surface area contributed by atoms with Gasteiger partial charge in [-0.15, -0.1) is 0 Å². The van der Waals surface area contributed by atoms with Gasteiger partial charge in [0, 0.05) is 0 Å². The lowest BCUT2D eigenvalue weighted by molar-refractivity contribution is 0.111. The summed E-state index contributed by atoms with van der Waals surface area (Å²) in [6.45, 7) is 5.79. The zero-order valence-electron chi connectivity index (χ0n) is 17.2. The van der Waals surface area contributed by atoms with Crippen LogP contribution in [0.4, 0.5) is 0 Å². The minimum atomic E-state index is 0.558. The minimum absolute atomic E-state index is 0.558. The third-order valence-electron chi connectivity index (χ3n) is 4.70. The van der Waals surface area contributed by atoms with Crippen LogP contribution in [0.5, 0.6) is 11.5 Å². The molecule has 0 aliphatic rings. The van der Waals surface area contributed by atoms with E-state index in [9.17, 15) is 4.79 Å². The summed E-state index contributed by atoms with van der Waals surface area (Å²) in [6.07, 6.45) is 15.6. The lowest BCUT2D eigenvalue weighted by Gasteiger charge is -2.13. The molecule has 0 aromatic heterocycles. The Morgan fingerprint density at radius 2 is 1.22 bits per heavy atom. The lowest BCUT2D eigenvalue weighted by Crippen LogP contribution is -2.03. The molecule has 0 N–H and O–H groups in total. The van der Waals surface area contributed by atoms with Crippen LogP contribution in [0.2, 0.25) is 0 Å². The standard InChI is InChI=1S/C23H37BrO3/c1-3-5-7-9-11-13-15-26-22-18-21(24)23(17-20(22)19-25)27-16-14-12-10-8-6-4-2/h17-19H,3-16H2,1-2H3. The Morgan fingerprint density at radius 3 is 1.74 bits per heavy atom. The number of hydrogen-bond donors (Lipinski definition) is 0. The average molecular weight is 441 g/mol. The monoisotopic (exact) mass is 440 g/mol. The smallest absolute Gasteiger partial charge is 0.153 e. The number of halogens is 1. The second-order valence-electron chi connectivity index (χ2n) is 7.17.